The van der Waals surface area contributed by atoms with E-state index in [1.165, 1.54) is 0 Å². The molecule has 1 saturated heterocycles. The molecule has 0 aromatic heterocycles. The fourth-order valence-electron chi connectivity index (χ4n) is 1.75. The Morgan fingerprint density at radius 3 is 2.81 bits per heavy atom. The molecule has 0 amide bonds. The number of rotatable bonds is 4. The molecule has 0 radical (unpaired) electrons. The largest absolute Gasteiger partial charge is 0.389 e. The van der Waals surface area contributed by atoms with Crippen LogP contribution in [-0.2, 0) is 9.47 Å². The molecule has 1 N–H and O–H groups in total. The third kappa shape index (κ3) is 4.92. The fourth-order valence-corrected chi connectivity index (χ4v) is 1.75. The van der Waals surface area contributed by atoms with Gasteiger partial charge in [0.1, 0.15) is 0 Å². The van der Waals surface area contributed by atoms with Gasteiger partial charge in [0.05, 0.1) is 18.8 Å². The molecule has 1 heterocycles. The van der Waals surface area contributed by atoms with Crippen molar-refractivity contribution in [3.8, 4) is 0 Å². The second-order valence-corrected chi connectivity index (χ2v) is 4.49. The molecule has 16 heavy (non-hydrogen) atoms. The Morgan fingerprint density at radius 2 is 2.19 bits per heavy atom. The minimum Gasteiger partial charge on any atom is -0.389 e. The number of aliphatic hydroxyl groups is 1. The average Bonchev–Trinajstić information content (AvgIpc) is 2.16. The predicted octanol–water partition coefficient (Wildman–Crippen LogP) is 2.41. The molecule has 1 fully saturated rings. The van der Waals surface area contributed by atoms with E-state index in [0.717, 1.165) is 6.42 Å². The zero-order valence-electron chi connectivity index (χ0n) is 10.3. The van der Waals surface area contributed by atoms with Crippen LogP contribution in [0, 0.1) is 0 Å². The summed E-state index contributed by atoms with van der Waals surface area (Å²) in [5.74, 6) is -0.518. The van der Waals surface area contributed by atoms with E-state index in [1.807, 2.05) is 39.0 Å². The summed E-state index contributed by atoms with van der Waals surface area (Å²) in [5.41, 5.74) is 0. The third-order valence-electron chi connectivity index (χ3n) is 2.48. The van der Waals surface area contributed by atoms with E-state index in [-0.39, 0.29) is 6.10 Å². The molecule has 0 saturated carbocycles. The molecule has 2 atom stereocenters. The van der Waals surface area contributed by atoms with Crippen LogP contribution in [0.4, 0.5) is 0 Å². The fraction of sp³-hybridized carbons (Fsp3) is 0.692. The lowest BCUT2D eigenvalue weighted by Crippen LogP contribution is -2.40. The normalized spacial score (nSPS) is 27.6. The minimum absolute atomic E-state index is 0.0778. The van der Waals surface area contributed by atoms with Gasteiger partial charge in [0.2, 0.25) is 0 Å². The van der Waals surface area contributed by atoms with Crippen LogP contribution in [-0.4, -0.2) is 29.7 Å². The highest BCUT2D eigenvalue weighted by atomic mass is 16.7. The van der Waals surface area contributed by atoms with Crippen molar-refractivity contribution >= 4 is 0 Å². The maximum Gasteiger partial charge on any atom is 0.163 e. The highest BCUT2D eigenvalue weighted by Gasteiger charge is 2.29. The van der Waals surface area contributed by atoms with Gasteiger partial charge in [-0.15, -0.1) is 0 Å². The van der Waals surface area contributed by atoms with Crippen molar-refractivity contribution in [2.75, 3.05) is 6.61 Å². The topological polar surface area (TPSA) is 38.7 Å². The summed E-state index contributed by atoms with van der Waals surface area (Å²) in [5, 5.41) is 9.76. The Balaban J connectivity index is 2.36. The molecule has 1 aliphatic heterocycles. The van der Waals surface area contributed by atoms with Gasteiger partial charge in [-0.3, -0.25) is 0 Å². The summed E-state index contributed by atoms with van der Waals surface area (Å²) in [7, 11) is 0. The van der Waals surface area contributed by atoms with E-state index in [4.69, 9.17) is 9.47 Å². The Hall–Kier alpha value is -0.640. The first-order valence-corrected chi connectivity index (χ1v) is 5.83. The Labute approximate surface area is 97.8 Å². The molecule has 0 aromatic rings. The maximum atomic E-state index is 9.76. The molecule has 0 aliphatic carbocycles. The van der Waals surface area contributed by atoms with E-state index in [1.54, 1.807) is 6.08 Å². The van der Waals surface area contributed by atoms with Crippen LogP contribution >= 0.6 is 0 Å². The lowest BCUT2D eigenvalue weighted by molar-refractivity contribution is -0.275. The number of ether oxygens (including phenoxy) is 2. The monoisotopic (exact) mass is 226 g/mol. The van der Waals surface area contributed by atoms with Crippen LogP contribution in [0.2, 0.25) is 0 Å². The van der Waals surface area contributed by atoms with Gasteiger partial charge in [-0.05, 0) is 27.2 Å². The number of hydrogen-bond donors (Lipinski definition) is 1. The summed E-state index contributed by atoms with van der Waals surface area (Å²) >= 11 is 0. The first-order valence-electron chi connectivity index (χ1n) is 5.83. The van der Waals surface area contributed by atoms with Gasteiger partial charge in [-0.2, -0.15) is 0 Å². The van der Waals surface area contributed by atoms with Crippen LogP contribution in [0.1, 0.15) is 33.6 Å². The van der Waals surface area contributed by atoms with Crippen molar-refractivity contribution in [1.82, 2.24) is 0 Å². The highest BCUT2D eigenvalue weighted by Crippen LogP contribution is 2.24. The van der Waals surface area contributed by atoms with Crippen molar-refractivity contribution in [3.63, 3.8) is 0 Å². The maximum absolute atomic E-state index is 9.76. The van der Waals surface area contributed by atoms with Crippen molar-refractivity contribution in [2.45, 2.75) is 51.6 Å². The second kappa shape index (κ2) is 6.18. The van der Waals surface area contributed by atoms with Gasteiger partial charge in [0.15, 0.2) is 5.79 Å². The summed E-state index contributed by atoms with van der Waals surface area (Å²) in [6.07, 6.45) is 8.57. The lowest BCUT2D eigenvalue weighted by Gasteiger charge is -2.36. The van der Waals surface area contributed by atoms with Crippen molar-refractivity contribution < 1.29 is 14.6 Å². The molecule has 0 aromatic carbocycles. The summed E-state index contributed by atoms with van der Waals surface area (Å²) in [6, 6.07) is 0. The Kier molecular flexibility index (Phi) is 5.19. The Bertz CT molecular complexity index is 256. The molecular formula is C13H22O3. The van der Waals surface area contributed by atoms with Gasteiger partial charge in [0.25, 0.3) is 0 Å². The smallest absolute Gasteiger partial charge is 0.163 e. The SMILES string of the molecule is C/C=C/C=C/C(O)C[C@@H]1CCOC(C)(C)O1. The van der Waals surface area contributed by atoms with E-state index in [0.29, 0.717) is 13.0 Å². The van der Waals surface area contributed by atoms with Gasteiger partial charge < -0.3 is 14.6 Å². The minimum atomic E-state index is -0.518. The van der Waals surface area contributed by atoms with E-state index >= 15 is 0 Å². The van der Waals surface area contributed by atoms with Crippen molar-refractivity contribution in [2.24, 2.45) is 0 Å². The molecule has 3 heteroatoms. The number of aliphatic hydroxyl groups excluding tert-OH is 1. The quantitative estimate of drug-likeness (QED) is 0.748. The first kappa shape index (κ1) is 13.4. The second-order valence-electron chi connectivity index (χ2n) is 4.49. The van der Waals surface area contributed by atoms with E-state index < -0.39 is 11.9 Å². The lowest BCUT2D eigenvalue weighted by atomic mass is 10.1. The molecule has 0 spiro atoms. The average molecular weight is 226 g/mol. The van der Waals surface area contributed by atoms with Crippen LogP contribution in [0.25, 0.3) is 0 Å². The molecule has 92 valence electrons. The molecular weight excluding hydrogens is 204 g/mol. The molecule has 1 aliphatic rings. The van der Waals surface area contributed by atoms with Crippen LogP contribution in [0.5, 0.6) is 0 Å². The molecule has 1 rings (SSSR count). The van der Waals surface area contributed by atoms with Crippen LogP contribution in [0.3, 0.4) is 0 Å². The number of hydrogen-bond acceptors (Lipinski definition) is 3. The molecule has 1 unspecified atom stereocenters. The summed E-state index contributed by atoms with van der Waals surface area (Å²) < 4.78 is 11.2. The zero-order chi connectivity index (χ0) is 12.0. The first-order chi connectivity index (χ1) is 7.53. The van der Waals surface area contributed by atoms with Crippen LogP contribution in [0.15, 0.2) is 24.3 Å². The van der Waals surface area contributed by atoms with Gasteiger partial charge >= 0.3 is 0 Å². The van der Waals surface area contributed by atoms with Gasteiger partial charge in [0, 0.05) is 6.42 Å². The summed E-state index contributed by atoms with van der Waals surface area (Å²) in [4.78, 5) is 0. The third-order valence-corrected chi connectivity index (χ3v) is 2.48. The van der Waals surface area contributed by atoms with Crippen molar-refractivity contribution in [1.29, 1.82) is 0 Å². The predicted molar refractivity (Wildman–Crippen MR) is 64.1 cm³/mol. The van der Waals surface area contributed by atoms with Gasteiger partial charge in [-0.1, -0.05) is 24.3 Å². The Morgan fingerprint density at radius 1 is 1.44 bits per heavy atom. The van der Waals surface area contributed by atoms with E-state index in [9.17, 15) is 5.11 Å². The summed E-state index contributed by atoms with van der Waals surface area (Å²) in [6.45, 7) is 6.45. The standard InChI is InChI=1S/C13H22O3/c1-4-5-6-7-11(14)10-12-8-9-15-13(2,3)16-12/h4-7,11-12,14H,8-10H2,1-3H3/b5-4+,7-6+/t11?,12-/m0/s1. The highest BCUT2D eigenvalue weighted by molar-refractivity contribution is 5.03. The molecule has 3 nitrogen and oxygen atoms in total. The zero-order valence-corrected chi connectivity index (χ0v) is 10.3. The van der Waals surface area contributed by atoms with Crippen LogP contribution < -0.4 is 0 Å². The van der Waals surface area contributed by atoms with Crippen molar-refractivity contribution in [3.05, 3.63) is 24.3 Å². The molecule has 0 bridgehead atoms. The number of allylic oxidation sites excluding steroid dienone is 3. The van der Waals surface area contributed by atoms with E-state index in [2.05, 4.69) is 0 Å². The van der Waals surface area contributed by atoms with Gasteiger partial charge in [-0.25, -0.2) is 0 Å².